The summed E-state index contributed by atoms with van der Waals surface area (Å²) in [6.45, 7) is 6.70. The molecule has 0 rings (SSSR count). The van der Waals surface area contributed by atoms with Gasteiger partial charge in [0.15, 0.2) is 0 Å². The lowest BCUT2D eigenvalue weighted by Crippen LogP contribution is -2.17. The van der Waals surface area contributed by atoms with Crippen molar-refractivity contribution in [1.29, 1.82) is 0 Å². The minimum atomic E-state index is -0.721. The summed E-state index contributed by atoms with van der Waals surface area (Å²) in [7, 11) is 0. The van der Waals surface area contributed by atoms with Gasteiger partial charge in [0.2, 0.25) is 0 Å². The van der Waals surface area contributed by atoms with Gasteiger partial charge in [-0.1, -0.05) is 65.7 Å². The van der Waals surface area contributed by atoms with E-state index in [9.17, 15) is 9.90 Å². The second-order valence-electron chi connectivity index (χ2n) is 6.69. The van der Waals surface area contributed by atoms with Crippen molar-refractivity contribution in [1.82, 2.24) is 0 Å². The van der Waals surface area contributed by atoms with Crippen LogP contribution in [0.2, 0.25) is 0 Å². The van der Waals surface area contributed by atoms with E-state index in [1.165, 1.54) is 32.1 Å². The second-order valence-corrected chi connectivity index (χ2v) is 6.69. The van der Waals surface area contributed by atoms with Crippen molar-refractivity contribution in [3.63, 3.8) is 0 Å². The number of hydrogen-bond acceptors (Lipinski definition) is 2. The van der Waals surface area contributed by atoms with Crippen molar-refractivity contribution in [3.05, 3.63) is 0 Å². The molecule has 0 heterocycles. The Hall–Kier alpha value is -0.570. The fourth-order valence-electron chi connectivity index (χ4n) is 2.62. The fraction of sp³-hybridized carbons (Fsp3) is 0.944. The van der Waals surface area contributed by atoms with Gasteiger partial charge in [-0.15, -0.1) is 0 Å². The summed E-state index contributed by atoms with van der Waals surface area (Å²) in [6.07, 6.45) is 10.9. The standard InChI is InChI=1S/C18H36O3/c1-4-15(2)11-7-5-8-12-16(3)17(19)13-9-6-10-14-18(20)21/h15-17,19H,4-14H2,1-3H3,(H,20,21). The van der Waals surface area contributed by atoms with Crippen LogP contribution in [0.4, 0.5) is 0 Å². The number of carbonyl (C=O) groups is 1. The molecule has 3 atom stereocenters. The number of unbranched alkanes of at least 4 members (excludes halogenated alkanes) is 4. The smallest absolute Gasteiger partial charge is 0.303 e. The summed E-state index contributed by atoms with van der Waals surface area (Å²) < 4.78 is 0. The van der Waals surface area contributed by atoms with Crippen LogP contribution < -0.4 is 0 Å². The average molecular weight is 300 g/mol. The van der Waals surface area contributed by atoms with E-state index in [0.717, 1.165) is 38.0 Å². The van der Waals surface area contributed by atoms with Crippen molar-refractivity contribution in [2.75, 3.05) is 0 Å². The van der Waals surface area contributed by atoms with Crippen LogP contribution in [0.3, 0.4) is 0 Å². The van der Waals surface area contributed by atoms with Gasteiger partial charge in [0.05, 0.1) is 6.10 Å². The first-order chi connectivity index (χ1) is 9.97. The van der Waals surface area contributed by atoms with Crippen molar-refractivity contribution in [2.24, 2.45) is 11.8 Å². The van der Waals surface area contributed by atoms with Crippen LogP contribution in [0.15, 0.2) is 0 Å². The molecule has 0 fully saturated rings. The minimum absolute atomic E-state index is 0.218. The Kier molecular flexibility index (Phi) is 12.8. The van der Waals surface area contributed by atoms with Gasteiger partial charge in [0.1, 0.15) is 0 Å². The van der Waals surface area contributed by atoms with Crippen molar-refractivity contribution >= 4 is 5.97 Å². The lowest BCUT2D eigenvalue weighted by molar-refractivity contribution is -0.137. The number of carboxylic acids is 1. The summed E-state index contributed by atoms with van der Waals surface area (Å²) in [5.74, 6) is 0.494. The van der Waals surface area contributed by atoms with E-state index in [0.29, 0.717) is 5.92 Å². The first-order valence-corrected chi connectivity index (χ1v) is 8.87. The number of aliphatic hydroxyl groups excluding tert-OH is 1. The third-order valence-electron chi connectivity index (χ3n) is 4.60. The predicted octanol–water partition coefficient (Wildman–Crippen LogP) is 5.02. The zero-order valence-corrected chi connectivity index (χ0v) is 14.3. The highest BCUT2D eigenvalue weighted by molar-refractivity contribution is 5.66. The van der Waals surface area contributed by atoms with Gasteiger partial charge in [0, 0.05) is 6.42 Å². The van der Waals surface area contributed by atoms with E-state index < -0.39 is 5.97 Å². The topological polar surface area (TPSA) is 57.5 Å². The molecule has 0 spiro atoms. The molecule has 0 amide bonds. The fourth-order valence-corrected chi connectivity index (χ4v) is 2.62. The Labute approximate surface area is 131 Å². The zero-order chi connectivity index (χ0) is 16.1. The van der Waals surface area contributed by atoms with Crippen molar-refractivity contribution in [3.8, 4) is 0 Å². The SMILES string of the molecule is CCC(C)CCCCCC(C)C(O)CCCCCC(=O)O. The van der Waals surface area contributed by atoms with E-state index in [4.69, 9.17) is 5.11 Å². The molecule has 126 valence electrons. The van der Waals surface area contributed by atoms with Gasteiger partial charge in [-0.3, -0.25) is 4.79 Å². The van der Waals surface area contributed by atoms with Crippen LogP contribution in [0.25, 0.3) is 0 Å². The van der Waals surface area contributed by atoms with Crippen molar-refractivity contribution < 1.29 is 15.0 Å². The Balaban J connectivity index is 3.48. The molecule has 21 heavy (non-hydrogen) atoms. The molecule has 3 nitrogen and oxygen atoms in total. The lowest BCUT2D eigenvalue weighted by atomic mass is 9.92. The number of hydrogen-bond donors (Lipinski definition) is 2. The quantitative estimate of drug-likeness (QED) is 0.443. The molecular formula is C18H36O3. The van der Waals surface area contributed by atoms with Crippen LogP contribution in [0.5, 0.6) is 0 Å². The van der Waals surface area contributed by atoms with Gasteiger partial charge in [-0.25, -0.2) is 0 Å². The van der Waals surface area contributed by atoms with Crippen LogP contribution in [-0.2, 0) is 4.79 Å². The highest BCUT2D eigenvalue weighted by Gasteiger charge is 2.13. The maximum atomic E-state index is 10.4. The summed E-state index contributed by atoms with van der Waals surface area (Å²) >= 11 is 0. The summed E-state index contributed by atoms with van der Waals surface area (Å²) in [5.41, 5.74) is 0. The molecule has 0 radical (unpaired) electrons. The van der Waals surface area contributed by atoms with Gasteiger partial charge in [-0.2, -0.15) is 0 Å². The molecule has 0 bridgehead atoms. The summed E-state index contributed by atoms with van der Waals surface area (Å²) in [4.78, 5) is 10.4. The summed E-state index contributed by atoms with van der Waals surface area (Å²) in [6, 6.07) is 0. The van der Waals surface area contributed by atoms with E-state index in [2.05, 4.69) is 20.8 Å². The Morgan fingerprint density at radius 3 is 2.10 bits per heavy atom. The van der Waals surface area contributed by atoms with Crippen LogP contribution in [0.1, 0.15) is 91.4 Å². The number of rotatable bonds is 14. The molecule has 3 unspecified atom stereocenters. The normalized spacial score (nSPS) is 15.6. The largest absolute Gasteiger partial charge is 0.481 e. The number of carboxylic acid groups (broad SMARTS) is 1. The molecule has 0 aliphatic carbocycles. The van der Waals surface area contributed by atoms with Crippen LogP contribution >= 0.6 is 0 Å². The highest BCUT2D eigenvalue weighted by Crippen LogP contribution is 2.20. The van der Waals surface area contributed by atoms with E-state index in [1.807, 2.05) is 0 Å². The maximum Gasteiger partial charge on any atom is 0.303 e. The first kappa shape index (κ1) is 20.4. The Morgan fingerprint density at radius 2 is 1.48 bits per heavy atom. The van der Waals surface area contributed by atoms with Crippen LogP contribution in [-0.4, -0.2) is 22.3 Å². The van der Waals surface area contributed by atoms with Crippen molar-refractivity contribution in [2.45, 2.75) is 97.5 Å². The second kappa shape index (κ2) is 13.1. The molecule has 0 saturated carbocycles. The molecule has 3 heteroatoms. The van der Waals surface area contributed by atoms with Crippen LogP contribution in [0, 0.1) is 11.8 Å². The van der Waals surface area contributed by atoms with E-state index >= 15 is 0 Å². The molecule has 2 N–H and O–H groups in total. The average Bonchev–Trinajstić information content (AvgIpc) is 2.45. The van der Waals surface area contributed by atoms with E-state index in [-0.39, 0.29) is 12.5 Å². The summed E-state index contributed by atoms with van der Waals surface area (Å²) in [5, 5.41) is 18.6. The first-order valence-electron chi connectivity index (χ1n) is 8.87. The molecule has 0 saturated heterocycles. The maximum absolute atomic E-state index is 10.4. The number of aliphatic carboxylic acids is 1. The minimum Gasteiger partial charge on any atom is -0.481 e. The molecule has 0 aromatic rings. The third-order valence-corrected chi connectivity index (χ3v) is 4.60. The molecule has 0 aliphatic rings. The Morgan fingerprint density at radius 1 is 0.905 bits per heavy atom. The van der Waals surface area contributed by atoms with Gasteiger partial charge in [-0.05, 0) is 31.1 Å². The lowest BCUT2D eigenvalue weighted by Gasteiger charge is -2.18. The molecular weight excluding hydrogens is 264 g/mol. The van der Waals surface area contributed by atoms with Gasteiger partial charge >= 0.3 is 5.97 Å². The Bertz CT molecular complexity index is 253. The third kappa shape index (κ3) is 12.9. The molecule has 0 aromatic heterocycles. The number of aliphatic hydroxyl groups is 1. The van der Waals surface area contributed by atoms with Gasteiger partial charge < -0.3 is 10.2 Å². The van der Waals surface area contributed by atoms with Gasteiger partial charge in [0.25, 0.3) is 0 Å². The monoisotopic (exact) mass is 300 g/mol. The zero-order valence-electron chi connectivity index (χ0n) is 14.3. The highest BCUT2D eigenvalue weighted by atomic mass is 16.4. The van der Waals surface area contributed by atoms with E-state index in [1.54, 1.807) is 0 Å². The molecule has 0 aromatic carbocycles. The molecule has 0 aliphatic heterocycles. The predicted molar refractivity (Wildman–Crippen MR) is 88.4 cm³/mol.